The van der Waals surface area contributed by atoms with Crippen molar-refractivity contribution in [2.75, 3.05) is 60.0 Å². The van der Waals surface area contributed by atoms with Crippen LogP contribution in [0.5, 0.6) is 11.5 Å². The van der Waals surface area contributed by atoms with Crippen LogP contribution < -0.4 is 9.47 Å². The summed E-state index contributed by atoms with van der Waals surface area (Å²) in [5, 5.41) is 3.96. The molecule has 0 saturated carbocycles. The fourth-order valence-corrected chi connectivity index (χ4v) is 3.43. The van der Waals surface area contributed by atoms with Crippen LogP contribution in [0.3, 0.4) is 0 Å². The van der Waals surface area contributed by atoms with Crippen molar-refractivity contribution in [3.05, 3.63) is 60.7 Å². The summed E-state index contributed by atoms with van der Waals surface area (Å²) >= 11 is 0. The molecule has 0 fully saturated rings. The molecule has 0 atom stereocenters. The van der Waals surface area contributed by atoms with Crippen LogP contribution in [0.25, 0.3) is 21.5 Å². The van der Waals surface area contributed by atoms with Crippen LogP contribution in [-0.4, -0.2) is 65.9 Å². The maximum atomic E-state index is 11.3. The van der Waals surface area contributed by atoms with Crippen molar-refractivity contribution in [2.24, 2.45) is 0 Å². The maximum Gasteiger partial charge on any atom is 0.333 e. The molecule has 3 aromatic rings. The topological polar surface area (TPSA) is 72.5 Å². The first-order valence-electron chi connectivity index (χ1n) is 11.3. The largest absolute Gasteiger partial charge is 0.490 e. The Morgan fingerprint density at radius 1 is 0.676 bits per heavy atom. The second kappa shape index (κ2) is 13.5. The van der Waals surface area contributed by atoms with E-state index in [4.69, 9.17) is 28.4 Å². The Kier molecular flexibility index (Phi) is 10.2. The fraction of sp³-hybridized carbons (Fsp3) is 0.370. The van der Waals surface area contributed by atoms with Gasteiger partial charge in [-0.1, -0.05) is 55.1 Å². The van der Waals surface area contributed by atoms with E-state index < -0.39 is 5.97 Å². The van der Waals surface area contributed by atoms with Gasteiger partial charge in [-0.15, -0.1) is 0 Å². The fourth-order valence-electron chi connectivity index (χ4n) is 3.43. The van der Waals surface area contributed by atoms with Crippen LogP contribution >= 0.6 is 0 Å². The van der Waals surface area contributed by atoms with Crippen molar-refractivity contribution < 1.29 is 33.2 Å². The highest BCUT2D eigenvalue weighted by Gasteiger charge is 2.15. The Balaban J connectivity index is 1.54. The van der Waals surface area contributed by atoms with E-state index >= 15 is 0 Å². The van der Waals surface area contributed by atoms with Crippen LogP contribution in [0.4, 0.5) is 0 Å². The Hall–Kier alpha value is -3.13. The second-order valence-electron chi connectivity index (χ2n) is 7.58. The Bertz CT molecular complexity index is 1040. The van der Waals surface area contributed by atoms with Crippen LogP contribution in [0.15, 0.2) is 60.7 Å². The number of rotatable bonds is 15. The van der Waals surface area contributed by atoms with Gasteiger partial charge in [0.1, 0.15) is 31.3 Å². The summed E-state index contributed by atoms with van der Waals surface area (Å²) in [6.07, 6.45) is 0. The molecule has 0 aliphatic carbocycles. The summed E-state index contributed by atoms with van der Waals surface area (Å²) in [6.45, 7) is 8.28. The van der Waals surface area contributed by atoms with Gasteiger partial charge in [-0.2, -0.15) is 0 Å². The van der Waals surface area contributed by atoms with E-state index in [9.17, 15) is 4.79 Å². The molecule has 0 saturated heterocycles. The van der Waals surface area contributed by atoms with E-state index in [2.05, 4.69) is 6.58 Å². The Morgan fingerprint density at radius 3 is 1.53 bits per heavy atom. The number of benzene rings is 3. The highest BCUT2D eigenvalue weighted by Crippen LogP contribution is 2.42. The number of esters is 1. The molecule has 0 aliphatic rings. The van der Waals surface area contributed by atoms with Crippen molar-refractivity contribution in [1.82, 2.24) is 0 Å². The van der Waals surface area contributed by atoms with E-state index in [1.54, 1.807) is 14.0 Å². The summed E-state index contributed by atoms with van der Waals surface area (Å²) < 4.78 is 33.4. The zero-order valence-electron chi connectivity index (χ0n) is 19.8. The summed E-state index contributed by atoms with van der Waals surface area (Å²) in [6, 6.07) is 16.1. The third-order valence-electron chi connectivity index (χ3n) is 5.02. The smallest absolute Gasteiger partial charge is 0.333 e. The lowest BCUT2D eigenvalue weighted by molar-refractivity contribution is -0.140. The van der Waals surface area contributed by atoms with Gasteiger partial charge in [0.2, 0.25) is 0 Å². The molecule has 7 nitrogen and oxygen atoms in total. The predicted molar refractivity (Wildman–Crippen MR) is 132 cm³/mol. The maximum absolute atomic E-state index is 11.3. The lowest BCUT2D eigenvalue weighted by Crippen LogP contribution is -2.14. The molecule has 0 radical (unpaired) electrons. The number of methoxy groups -OCH3 is 1. The van der Waals surface area contributed by atoms with E-state index in [-0.39, 0.29) is 6.61 Å². The molecule has 182 valence electrons. The van der Waals surface area contributed by atoms with Crippen LogP contribution in [0, 0.1) is 0 Å². The normalized spacial score (nSPS) is 11.0. The Labute approximate surface area is 200 Å². The molecule has 0 N–H and O–H groups in total. The SMILES string of the molecule is C=C(C)C(=O)OCCOCCOCCOc1c2ccccc2c(OCCOC)c2ccccc12. The molecule has 3 aromatic carbocycles. The first-order valence-corrected chi connectivity index (χ1v) is 11.3. The number of ether oxygens (including phenoxy) is 6. The van der Waals surface area contributed by atoms with E-state index in [0.717, 1.165) is 33.0 Å². The molecular weight excluding hydrogens is 436 g/mol. The minimum absolute atomic E-state index is 0.195. The molecule has 3 rings (SSSR count). The number of fused-ring (bicyclic) bond motifs is 2. The summed E-state index contributed by atoms with van der Waals surface area (Å²) in [5.74, 6) is 1.23. The quantitative estimate of drug-likeness (QED) is 0.140. The Morgan fingerprint density at radius 2 is 1.09 bits per heavy atom. The van der Waals surface area contributed by atoms with Gasteiger partial charge in [-0.05, 0) is 6.92 Å². The molecule has 34 heavy (non-hydrogen) atoms. The monoisotopic (exact) mass is 468 g/mol. The third kappa shape index (κ3) is 6.93. The van der Waals surface area contributed by atoms with Crippen molar-refractivity contribution >= 4 is 27.5 Å². The molecule has 0 unspecified atom stereocenters. The average molecular weight is 469 g/mol. The van der Waals surface area contributed by atoms with Gasteiger partial charge in [-0.3, -0.25) is 0 Å². The van der Waals surface area contributed by atoms with Crippen molar-refractivity contribution in [1.29, 1.82) is 0 Å². The summed E-state index contributed by atoms with van der Waals surface area (Å²) in [5.41, 5.74) is 0.372. The molecule has 0 spiro atoms. The molecule has 0 amide bonds. The van der Waals surface area contributed by atoms with E-state index in [0.29, 0.717) is 51.8 Å². The highest BCUT2D eigenvalue weighted by molar-refractivity contribution is 6.11. The molecule has 0 bridgehead atoms. The van der Waals surface area contributed by atoms with Crippen LogP contribution in [0.1, 0.15) is 6.92 Å². The minimum Gasteiger partial charge on any atom is -0.490 e. The minimum atomic E-state index is -0.411. The zero-order chi connectivity index (χ0) is 24.2. The highest BCUT2D eigenvalue weighted by atomic mass is 16.6. The molecule has 7 heteroatoms. The van der Waals surface area contributed by atoms with Gasteiger partial charge in [0, 0.05) is 34.2 Å². The first-order chi connectivity index (χ1) is 16.6. The zero-order valence-corrected chi connectivity index (χ0v) is 19.8. The standard InChI is InChI=1S/C27H32O7/c1-20(2)27(28)34-19-16-31-14-13-30-15-18-33-26-23-10-6-4-8-21(23)25(32-17-12-29-3)22-9-5-7-11-24(22)26/h4-11H,1,12-19H2,2-3H3. The van der Waals surface area contributed by atoms with E-state index in [1.807, 2.05) is 48.5 Å². The van der Waals surface area contributed by atoms with Crippen molar-refractivity contribution in [3.63, 3.8) is 0 Å². The molecule has 0 aliphatic heterocycles. The van der Waals surface area contributed by atoms with Gasteiger partial charge in [-0.25, -0.2) is 4.79 Å². The van der Waals surface area contributed by atoms with Crippen LogP contribution in [0.2, 0.25) is 0 Å². The third-order valence-corrected chi connectivity index (χ3v) is 5.02. The van der Waals surface area contributed by atoms with Gasteiger partial charge < -0.3 is 28.4 Å². The average Bonchev–Trinajstić information content (AvgIpc) is 2.85. The molecular formula is C27H32O7. The van der Waals surface area contributed by atoms with Gasteiger partial charge in [0.05, 0.1) is 33.0 Å². The number of carbonyl (C=O) groups excluding carboxylic acids is 1. The summed E-state index contributed by atoms with van der Waals surface area (Å²) in [7, 11) is 1.66. The first kappa shape index (κ1) is 25.5. The lowest BCUT2D eigenvalue weighted by atomic mass is 10.0. The van der Waals surface area contributed by atoms with Gasteiger partial charge >= 0.3 is 5.97 Å². The lowest BCUT2D eigenvalue weighted by Gasteiger charge is -2.18. The molecule has 0 aromatic heterocycles. The number of carbonyl (C=O) groups is 1. The second-order valence-corrected chi connectivity index (χ2v) is 7.58. The van der Waals surface area contributed by atoms with E-state index in [1.165, 1.54) is 0 Å². The van der Waals surface area contributed by atoms with Crippen molar-refractivity contribution in [2.45, 2.75) is 6.92 Å². The van der Waals surface area contributed by atoms with Gasteiger partial charge in [0.15, 0.2) is 0 Å². The molecule has 0 heterocycles. The number of hydrogen-bond acceptors (Lipinski definition) is 7. The van der Waals surface area contributed by atoms with Gasteiger partial charge in [0.25, 0.3) is 0 Å². The van der Waals surface area contributed by atoms with Crippen molar-refractivity contribution in [3.8, 4) is 11.5 Å². The summed E-state index contributed by atoms with van der Waals surface area (Å²) in [4.78, 5) is 11.3. The predicted octanol–water partition coefficient (Wildman–Crippen LogP) is 4.55. The van der Waals surface area contributed by atoms with Crippen LogP contribution in [-0.2, 0) is 23.7 Å². The number of hydrogen-bond donors (Lipinski definition) is 0.